The van der Waals surface area contributed by atoms with Crippen molar-refractivity contribution in [3.05, 3.63) is 84.4 Å². The van der Waals surface area contributed by atoms with Crippen molar-refractivity contribution in [2.75, 3.05) is 0 Å². The summed E-state index contributed by atoms with van der Waals surface area (Å²) < 4.78 is 0. The summed E-state index contributed by atoms with van der Waals surface area (Å²) in [7, 11) is 0. The van der Waals surface area contributed by atoms with Gasteiger partial charge in [-0.05, 0) is 17.5 Å². The van der Waals surface area contributed by atoms with Crippen molar-refractivity contribution in [2.45, 2.75) is 18.5 Å². The highest BCUT2D eigenvalue weighted by molar-refractivity contribution is 5.83. The fraction of sp³-hybridized carbons (Fsp3) is 0.167. The molecule has 0 heterocycles. The van der Waals surface area contributed by atoms with Gasteiger partial charge in [-0.15, -0.1) is 6.58 Å². The number of carbonyl (C=O) groups is 1. The second-order valence-corrected chi connectivity index (χ2v) is 4.88. The molecule has 0 aliphatic rings. The van der Waals surface area contributed by atoms with Gasteiger partial charge in [0.05, 0.1) is 6.04 Å². The average molecular weight is 280 g/mol. The van der Waals surface area contributed by atoms with Crippen molar-refractivity contribution in [3.63, 3.8) is 0 Å². The Bertz CT molecular complexity index is 581. The van der Waals surface area contributed by atoms with Crippen molar-refractivity contribution in [2.24, 2.45) is 5.73 Å². The first-order valence-corrected chi connectivity index (χ1v) is 6.99. The van der Waals surface area contributed by atoms with E-state index in [1.54, 1.807) is 6.08 Å². The minimum atomic E-state index is -0.665. The Morgan fingerprint density at radius 1 is 1.05 bits per heavy atom. The summed E-state index contributed by atoms with van der Waals surface area (Å²) in [5.74, 6) is -0.183. The molecule has 2 atom stereocenters. The number of hydrogen-bond donors (Lipinski definition) is 2. The summed E-state index contributed by atoms with van der Waals surface area (Å²) >= 11 is 0. The van der Waals surface area contributed by atoms with Crippen LogP contribution in [-0.4, -0.2) is 5.91 Å². The zero-order valence-electron chi connectivity index (χ0n) is 11.9. The maximum Gasteiger partial charge on any atom is 0.242 e. The van der Waals surface area contributed by atoms with Gasteiger partial charge in [0.25, 0.3) is 0 Å². The smallest absolute Gasteiger partial charge is 0.242 e. The van der Waals surface area contributed by atoms with Gasteiger partial charge in [0.2, 0.25) is 5.91 Å². The number of amides is 1. The summed E-state index contributed by atoms with van der Waals surface area (Å²) in [6.45, 7) is 3.75. The molecule has 0 spiro atoms. The van der Waals surface area contributed by atoms with Crippen molar-refractivity contribution >= 4 is 5.91 Å². The first-order chi connectivity index (χ1) is 10.2. The molecule has 3 nitrogen and oxygen atoms in total. The predicted octanol–water partition coefficient (Wildman–Crippen LogP) is 3.12. The van der Waals surface area contributed by atoms with Gasteiger partial charge >= 0.3 is 0 Å². The zero-order chi connectivity index (χ0) is 15.1. The van der Waals surface area contributed by atoms with E-state index in [-0.39, 0.29) is 11.9 Å². The molecule has 21 heavy (non-hydrogen) atoms. The fourth-order valence-electron chi connectivity index (χ4n) is 2.20. The summed E-state index contributed by atoms with van der Waals surface area (Å²) in [5.41, 5.74) is 7.88. The van der Waals surface area contributed by atoms with Crippen molar-refractivity contribution in [3.8, 4) is 0 Å². The maximum absolute atomic E-state index is 12.3. The molecule has 0 saturated heterocycles. The van der Waals surface area contributed by atoms with E-state index in [1.165, 1.54) is 0 Å². The summed E-state index contributed by atoms with van der Waals surface area (Å²) in [6.07, 6.45) is 2.46. The van der Waals surface area contributed by atoms with Crippen molar-refractivity contribution < 1.29 is 4.79 Å². The van der Waals surface area contributed by atoms with E-state index in [9.17, 15) is 4.79 Å². The first kappa shape index (κ1) is 15.0. The topological polar surface area (TPSA) is 55.1 Å². The van der Waals surface area contributed by atoms with Gasteiger partial charge in [-0.2, -0.15) is 0 Å². The van der Waals surface area contributed by atoms with Crippen molar-refractivity contribution in [1.29, 1.82) is 0 Å². The molecule has 0 radical (unpaired) electrons. The highest BCUT2D eigenvalue weighted by Crippen LogP contribution is 2.18. The number of carbonyl (C=O) groups excluding carboxylic acids is 1. The molecule has 3 N–H and O–H groups in total. The maximum atomic E-state index is 12.3. The summed E-state index contributed by atoms with van der Waals surface area (Å²) in [4.78, 5) is 12.3. The molecule has 1 amide bonds. The molecule has 3 heteroatoms. The lowest BCUT2D eigenvalue weighted by Gasteiger charge is -2.20. The molecule has 0 bridgehead atoms. The minimum absolute atomic E-state index is 0.106. The number of benzene rings is 2. The van der Waals surface area contributed by atoms with Crippen LogP contribution >= 0.6 is 0 Å². The molecule has 0 saturated carbocycles. The van der Waals surface area contributed by atoms with E-state index in [2.05, 4.69) is 11.9 Å². The minimum Gasteiger partial charge on any atom is -0.347 e. The monoisotopic (exact) mass is 280 g/mol. The van der Waals surface area contributed by atoms with E-state index >= 15 is 0 Å². The quantitative estimate of drug-likeness (QED) is 0.799. The van der Waals surface area contributed by atoms with Gasteiger partial charge in [-0.1, -0.05) is 66.7 Å². The van der Waals surface area contributed by atoms with Crippen LogP contribution in [0.25, 0.3) is 0 Å². The Labute approximate surface area is 125 Å². The van der Waals surface area contributed by atoms with Gasteiger partial charge in [-0.25, -0.2) is 0 Å². The molecular weight excluding hydrogens is 260 g/mol. The van der Waals surface area contributed by atoms with Crippen LogP contribution in [0, 0.1) is 0 Å². The third kappa shape index (κ3) is 4.04. The molecule has 0 aliphatic carbocycles. The van der Waals surface area contributed by atoms with E-state index in [0.29, 0.717) is 6.42 Å². The number of hydrogen-bond acceptors (Lipinski definition) is 2. The molecule has 2 rings (SSSR count). The zero-order valence-corrected chi connectivity index (χ0v) is 11.9. The van der Waals surface area contributed by atoms with Crippen LogP contribution in [0.1, 0.15) is 29.6 Å². The second-order valence-electron chi connectivity index (χ2n) is 4.88. The van der Waals surface area contributed by atoms with E-state index < -0.39 is 6.04 Å². The van der Waals surface area contributed by atoms with Crippen molar-refractivity contribution in [1.82, 2.24) is 5.32 Å². The van der Waals surface area contributed by atoms with Crippen LogP contribution in [-0.2, 0) is 4.79 Å². The second kappa shape index (κ2) is 7.41. The normalized spacial score (nSPS) is 13.2. The largest absolute Gasteiger partial charge is 0.347 e. The SMILES string of the molecule is C=CC[C@@H](NC(=O)[C@H](N)c1ccccc1)c1ccccc1. The molecule has 2 aromatic rings. The lowest BCUT2D eigenvalue weighted by molar-refractivity contribution is -0.123. The van der Waals surface area contributed by atoms with Gasteiger partial charge in [-0.3, -0.25) is 4.79 Å². The standard InChI is InChI=1S/C18H20N2O/c1-2-9-16(14-10-5-3-6-11-14)20-18(21)17(19)15-12-7-4-8-13-15/h2-8,10-13,16-17H,1,9,19H2,(H,20,21)/t16-,17-/m1/s1. The first-order valence-electron chi connectivity index (χ1n) is 6.99. The van der Waals surface area contributed by atoms with E-state index in [1.807, 2.05) is 60.7 Å². The Kier molecular flexibility index (Phi) is 5.29. The van der Waals surface area contributed by atoms with Gasteiger partial charge in [0.15, 0.2) is 0 Å². The van der Waals surface area contributed by atoms with Crippen LogP contribution in [0.5, 0.6) is 0 Å². The molecule has 2 aromatic carbocycles. The number of rotatable bonds is 6. The molecule has 0 aromatic heterocycles. The third-order valence-corrected chi connectivity index (χ3v) is 3.36. The van der Waals surface area contributed by atoms with Crippen LogP contribution in [0.2, 0.25) is 0 Å². The average Bonchev–Trinajstić information content (AvgIpc) is 2.55. The van der Waals surface area contributed by atoms with Gasteiger partial charge in [0, 0.05) is 0 Å². The van der Waals surface area contributed by atoms with Gasteiger partial charge < -0.3 is 11.1 Å². The molecule has 108 valence electrons. The Morgan fingerprint density at radius 2 is 1.57 bits per heavy atom. The predicted molar refractivity (Wildman–Crippen MR) is 85.5 cm³/mol. The highest BCUT2D eigenvalue weighted by Gasteiger charge is 2.19. The molecule has 0 unspecified atom stereocenters. The lowest BCUT2D eigenvalue weighted by Crippen LogP contribution is -2.36. The van der Waals surface area contributed by atoms with Crippen LogP contribution in [0.15, 0.2) is 73.3 Å². The van der Waals surface area contributed by atoms with E-state index in [4.69, 9.17) is 5.73 Å². The van der Waals surface area contributed by atoms with Crippen LogP contribution in [0.4, 0.5) is 0 Å². The molecular formula is C18H20N2O. The fourth-order valence-corrected chi connectivity index (χ4v) is 2.20. The molecule has 0 aliphatic heterocycles. The molecule has 0 fully saturated rings. The van der Waals surface area contributed by atoms with Gasteiger partial charge in [0.1, 0.15) is 6.04 Å². The summed E-state index contributed by atoms with van der Waals surface area (Å²) in [6, 6.07) is 18.4. The van der Waals surface area contributed by atoms with Crippen LogP contribution < -0.4 is 11.1 Å². The Balaban J connectivity index is 2.10. The Morgan fingerprint density at radius 3 is 2.10 bits per heavy atom. The lowest BCUT2D eigenvalue weighted by atomic mass is 10.0. The third-order valence-electron chi connectivity index (χ3n) is 3.36. The number of nitrogens with one attached hydrogen (secondary N) is 1. The van der Waals surface area contributed by atoms with E-state index in [0.717, 1.165) is 11.1 Å². The highest BCUT2D eigenvalue weighted by atomic mass is 16.2. The Hall–Kier alpha value is -2.39. The summed E-state index contributed by atoms with van der Waals surface area (Å²) in [5, 5.41) is 3.00. The number of nitrogens with two attached hydrogens (primary N) is 1. The van der Waals surface area contributed by atoms with Crippen LogP contribution in [0.3, 0.4) is 0 Å².